The minimum atomic E-state index is -1.66. The van der Waals surface area contributed by atoms with Gasteiger partial charge < -0.3 is 14.2 Å². The lowest BCUT2D eigenvalue weighted by molar-refractivity contribution is -0.183. The van der Waals surface area contributed by atoms with Gasteiger partial charge in [0.25, 0.3) is 0 Å². The van der Waals surface area contributed by atoms with Crippen molar-refractivity contribution in [3.63, 3.8) is 0 Å². The predicted octanol–water partition coefficient (Wildman–Crippen LogP) is 0.208. The number of hydrogen-bond acceptors (Lipinski definition) is 7. The number of fused-ring (bicyclic) bond motifs is 1. The Kier molecular flexibility index (Phi) is 5.00. The van der Waals surface area contributed by atoms with Crippen LogP contribution in [0.5, 0.6) is 0 Å². The Bertz CT molecular complexity index is 456. The maximum Gasteiger partial charge on any atom is 0.303 e. The fourth-order valence-electron chi connectivity index (χ4n) is 3.20. The smallest absolute Gasteiger partial charge is 0.303 e. The lowest BCUT2D eigenvalue weighted by Gasteiger charge is -2.43. The second kappa shape index (κ2) is 6.60. The maximum absolute atomic E-state index is 14.7. The normalized spacial score (nSPS) is 34.6. The molecule has 5 atom stereocenters. The second-order valence-electron chi connectivity index (χ2n) is 5.59. The number of halogens is 1. The van der Waals surface area contributed by atoms with E-state index in [4.69, 9.17) is 14.2 Å². The molecule has 0 aromatic heterocycles. The summed E-state index contributed by atoms with van der Waals surface area (Å²) in [7, 11) is 0. The molecule has 0 unspecified atom stereocenters. The summed E-state index contributed by atoms with van der Waals surface area (Å²) in [6.07, 6.45) is -3.83. The zero-order valence-electron chi connectivity index (χ0n) is 12.8. The summed E-state index contributed by atoms with van der Waals surface area (Å²) in [5.41, 5.74) is 0. The van der Waals surface area contributed by atoms with Crippen molar-refractivity contribution in [3.8, 4) is 0 Å². The van der Waals surface area contributed by atoms with E-state index in [-0.39, 0.29) is 6.54 Å². The molecule has 2 fully saturated rings. The van der Waals surface area contributed by atoms with E-state index >= 15 is 0 Å². The summed E-state index contributed by atoms with van der Waals surface area (Å²) in [6.45, 7) is 4.39. The van der Waals surface area contributed by atoms with E-state index in [1.807, 2.05) is 4.90 Å². The molecule has 2 aliphatic rings. The van der Waals surface area contributed by atoms with E-state index < -0.39 is 48.4 Å². The Balaban J connectivity index is 2.21. The third-order valence-electron chi connectivity index (χ3n) is 3.86. The summed E-state index contributed by atoms with van der Waals surface area (Å²) >= 11 is 0. The Morgan fingerprint density at radius 1 is 0.955 bits per heavy atom. The first kappa shape index (κ1) is 16.7. The Morgan fingerprint density at radius 2 is 1.50 bits per heavy atom. The molecule has 8 heteroatoms. The molecule has 0 aromatic carbocycles. The number of carbonyl (C=O) groups is 3. The molecule has 2 rings (SSSR count). The number of nitrogens with zero attached hydrogens (tertiary/aromatic N) is 1. The number of piperidine rings is 1. The summed E-state index contributed by atoms with van der Waals surface area (Å²) in [6, 6.07) is -0.561. The van der Waals surface area contributed by atoms with Crippen LogP contribution in [-0.4, -0.2) is 66.4 Å². The lowest BCUT2D eigenvalue weighted by Crippen LogP contribution is -2.62. The summed E-state index contributed by atoms with van der Waals surface area (Å²) in [4.78, 5) is 35.4. The molecule has 2 aliphatic heterocycles. The minimum absolute atomic E-state index is 0.181. The van der Waals surface area contributed by atoms with Crippen molar-refractivity contribution in [2.24, 2.45) is 0 Å². The highest BCUT2D eigenvalue weighted by atomic mass is 19.1. The molecule has 0 spiro atoms. The fraction of sp³-hybridized carbons (Fsp3) is 0.786. The molecule has 0 amide bonds. The van der Waals surface area contributed by atoms with Crippen LogP contribution in [0, 0.1) is 0 Å². The third-order valence-corrected chi connectivity index (χ3v) is 3.86. The number of alkyl halides is 1. The summed E-state index contributed by atoms with van der Waals surface area (Å²) in [5.74, 6) is -1.70. The summed E-state index contributed by atoms with van der Waals surface area (Å²) in [5, 5.41) is 0. The van der Waals surface area contributed by atoms with Gasteiger partial charge in [-0.15, -0.1) is 0 Å². The first-order valence-corrected chi connectivity index (χ1v) is 7.19. The Labute approximate surface area is 127 Å². The van der Waals surface area contributed by atoms with Gasteiger partial charge >= 0.3 is 17.9 Å². The van der Waals surface area contributed by atoms with E-state index in [2.05, 4.69) is 0 Å². The second-order valence-corrected chi connectivity index (χ2v) is 5.59. The minimum Gasteiger partial charge on any atom is -0.461 e. The van der Waals surface area contributed by atoms with Crippen LogP contribution in [0.1, 0.15) is 27.2 Å². The van der Waals surface area contributed by atoms with Gasteiger partial charge in [-0.25, -0.2) is 4.39 Å². The van der Waals surface area contributed by atoms with Crippen molar-refractivity contribution in [1.82, 2.24) is 4.90 Å². The SMILES string of the molecule is CC(=O)O[C@H]1[C@@H](F)[C@@H](OC(C)=O)CN2CC[C@H](OC(C)=O)[C@H]12. The molecular formula is C14H20FNO6. The molecule has 2 saturated heterocycles. The molecule has 0 aliphatic carbocycles. The molecule has 2 heterocycles. The number of rotatable bonds is 3. The van der Waals surface area contributed by atoms with Gasteiger partial charge in [0.15, 0.2) is 12.3 Å². The van der Waals surface area contributed by atoms with Crippen LogP contribution in [0.15, 0.2) is 0 Å². The van der Waals surface area contributed by atoms with Gasteiger partial charge in [-0.2, -0.15) is 0 Å². The molecule has 22 heavy (non-hydrogen) atoms. The molecule has 124 valence electrons. The topological polar surface area (TPSA) is 82.1 Å². The van der Waals surface area contributed by atoms with E-state index in [1.54, 1.807) is 0 Å². The van der Waals surface area contributed by atoms with Crippen LogP contribution >= 0.6 is 0 Å². The standard InChI is InChI=1S/C14H20FNO6/c1-7(17)20-10-4-5-16-6-11(21-8(2)18)12(15)14(13(10)16)22-9(3)19/h10-14H,4-6H2,1-3H3/t10-,11-,12-,13+,14-/m0/s1. The maximum atomic E-state index is 14.7. The van der Waals surface area contributed by atoms with E-state index in [1.165, 1.54) is 20.8 Å². The average Bonchev–Trinajstić information content (AvgIpc) is 2.75. The van der Waals surface area contributed by atoms with Crippen LogP contribution in [-0.2, 0) is 28.6 Å². The van der Waals surface area contributed by atoms with Crippen molar-refractivity contribution >= 4 is 17.9 Å². The average molecular weight is 317 g/mol. The van der Waals surface area contributed by atoms with Crippen LogP contribution in [0.3, 0.4) is 0 Å². The molecule has 0 aromatic rings. The zero-order valence-corrected chi connectivity index (χ0v) is 12.8. The van der Waals surface area contributed by atoms with Crippen LogP contribution in [0.2, 0.25) is 0 Å². The van der Waals surface area contributed by atoms with Crippen LogP contribution < -0.4 is 0 Å². The molecule has 7 nitrogen and oxygen atoms in total. The van der Waals surface area contributed by atoms with Gasteiger partial charge in [0.05, 0.1) is 6.04 Å². The van der Waals surface area contributed by atoms with Crippen molar-refractivity contribution in [3.05, 3.63) is 0 Å². The van der Waals surface area contributed by atoms with E-state index in [0.717, 1.165) is 0 Å². The molecule has 0 radical (unpaired) electrons. The van der Waals surface area contributed by atoms with Crippen LogP contribution in [0.25, 0.3) is 0 Å². The van der Waals surface area contributed by atoms with Crippen molar-refractivity contribution in [1.29, 1.82) is 0 Å². The van der Waals surface area contributed by atoms with Crippen molar-refractivity contribution in [2.45, 2.75) is 57.7 Å². The predicted molar refractivity (Wildman–Crippen MR) is 71.5 cm³/mol. The van der Waals surface area contributed by atoms with Gasteiger partial charge in [-0.3, -0.25) is 19.3 Å². The fourth-order valence-corrected chi connectivity index (χ4v) is 3.20. The van der Waals surface area contributed by atoms with Gasteiger partial charge in [-0.05, 0) is 6.42 Å². The molecular weight excluding hydrogens is 297 g/mol. The highest BCUT2D eigenvalue weighted by molar-refractivity contribution is 5.67. The quantitative estimate of drug-likeness (QED) is 0.543. The van der Waals surface area contributed by atoms with Gasteiger partial charge in [0.2, 0.25) is 0 Å². The highest BCUT2D eigenvalue weighted by Gasteiger charge is 2.54. The molecule has 0 bridgehead atoms. The number of ether oxygens (including phenoxy) is 3. The first-order chi connectivity index (χ1) is 10.3. The zero-order chi connectivity index (χ0) is 16.4. The summed E-state index contributed by atoms with van der Waals surface area (Å²) < 4.78 is 30.0. The molecule has 0 saturated carbocycles. The van der Waals surface area contributed by atoms with Crippen molar-refractivity contribution < 1.29 is 33.0 Å². The van der Waals surface area contributed by atoms with Gasteiger partial charge in [0, 0.05) is 33.9 Å². The highest BCUT2D eigenvalue weighted by Crippen LogP contribution is 2.34. The van der Waals surface area contributed by atoms with Gasteiger partial charge in [-0.1, -0.05) is 0 Å². The largest absolute Gasteiger partial charge is 0.461 e. The van der Waals surface area contributed by atoms with Crippen molar-refractivity contribution in [2.75, 3.05) is 13.1 Å². The molecule has 0 N–H and O–H groups in total. The Hall–Kier alpha value is -1.70. The first-order valence-electron chi connectivity index (χ1n) is 7.19. The number of carbonyl (C=O) groups excluding carboxylic acids is 3. The van der Waals surface area contributed by atoms with Gasteiger partial charge in [0.1, 0.15) is 12.2 Å². The lowest BCUT2D eigenvalue weighted by atomic mass is 9.93. The number of hydrogen-bond donors (Lipinski definition) is 0. The van der Waals surface area contributed by atoms with E-state index in [9.17, 15) is 18.8 Å². The van der Waals surface area contributed by atoms with E-state index in [0.29, 0.717) is 13.0 Å². The third kappa shape index (κ3) is 3.55. The Morgan fingerprint density at radius 3 is 2.05 bits per heavy atom. The van der Waals surface area contributed by atoms with Crippen LogP contribution in [0.4, 0.5) is 4.39 Å². The monoisotopic (exact) mass is 317 g/mol. The number of esters is 3.